The van der Waals surface area contributed by atoms with Crippen LogP contribution >= 0.6 is 22.7 Å². The van der Waals surface area contributed by atoms with Gasteiger partial charge in [-0.2, -0.15) is 0 Å². The van der Waals surface area contributed by atoms with Gasteiger partial charge in [-0.05, 0) is 24.6 Å². The van der Waals surface area contributed by atoms with Gasteiger partial charge < -0.3 is 10.6 Å². The molecule has 2 aromatic heterocycles. The van der Waals surface area contributed by atoms with Gasteiger partial charge in [-0.3, -0.25) is 9.59 Å². The lowest BCUT2D eigenvalue weighted by molar-refractivity contribution is -0.120. The number of rotatable bonds is 7. The molecule has 0 fully saturated rings. The van der Waals surface area contributed by atoms with Crippen LogP contribution in [0.2, 0.25) is 0 Å². The first-order valence-corrected chi connectivity index (χ1v) is 9.92. The first-order chi connectivity index (χ1) is 12.6. The molecule has 0 aliphatic rings. The van der Waals surface area contributed by atoms with Gasteiger partial charge in [-0.25, -0.2) is 4.98 Å². The number of amides is 2. The van der Waals surface area contributed by atoms with E-state index in [4.69, 9.17) is 0 Å². The molecule has 3 rings (SSSR count). The minimum absolute atomic E-state index is 0.0893. The third-order valence-corrected chi connectivity index (χ3v) is 5.41. The summed E-state index contributed by atoms with van der Waals surface area (Å²) in [7, 11) is 0. The Kier molecular flexibility index (Phi) is 6.14. The van der Waals surface area contributed by atoms with E-state index in [0.717, 1.165) is 16.1 Å². The molecule has 0 aliphatic carbocycles. The normalized spacial score (nSPS) is 10.5. The number of hydrogen-bond donors (Lipinski definition) is 2. The zero-order valence-electron chi connectivity index (χ0n) is 14.3. The summed E-state index contributed by atoms with van der Waals surface area (Å²) in [6.45, 7) is 2.36. The van der Waals surface area contributed by atoms with E-state index in [2.05, 4.69) is 28.6 Å². The molecule has 2 heterocycles. The lowest BCUT2D eigenvalue weighted by Crippen LogP contribution is -2.28. The number of carbonyl (C=O) groups is 2. The van der Waals surface area contributed by atoms with Crippen LogP contribution in [-0.2, 0) is 16.0 Å². The van der Waals surface area contributed by atoms with Crippen molar-refractivity contribution < 1.29 is 9.59 Å². The molecule has 0 bridgehead atoms. The molecular weight excluding hydrogens is 366 g/mol. The Hall–Kier alpha value is -2.51. The molecule has 134 valence electrons. The number of nitrogens with zero attached hydrogens (tertiary/aromatic N) is 1. The molecule has 0 radical (unpaired) electrons. The number of benzene rings is 1. The summed E-state index contributed by atoms with van der Waals surface area (Å²) in [5.74, 6) is -0.248. The van der Waals surface area contributed by atoms with E-state index in [-0.39, 0.29) is 18.2 Å². The Bertz CT molecular complexity index is 887. The van der Waals surface area contributed by atoms with Crippen LogP contribution < -0.4 is 10.6 Å². The van der Waals surface area contributed by atoms with E-state index in [9.17, 15) is 9.59 Å². The van der Waals surface area contributed by atoms with Crippen LogP contribution in [0.25, 0.3) is 10.6 Å². The molecule has 0 saturated carbocycles. The summed E-state index contributed by atoms with van der Waals surface area (Å²) in [5.41, 5.74) is 1.83. The molecule has 26 heavy (non-hydrogen) atoms. The number of thiophene rings is 1. The van der Waals surface area contributed by atoms with Gasteiger partial charge in [0.05, 0.1) is 17.0 Å². The molecule has 0 spiro atoms. The van der Waals surface area contributed by atoms with Crippen LogP contribution in [-0.4, -0.2) is 23.3 Å². The second-order valence-electron chi connectivity index (χ2n) is 5.76. The van der Waals surface area contributed by atoms with E-state index in [1.54, 1.807) is 11.3 Å². The van der Waals surface area contributed by atoms with Crippen molar-refractivity contribution in [2.24, 2.45) is 0 Å². The van der Waals surface area contributed by atoms with Crippen molar-refractivity contribution in [2.45, 2.75) is 19.8 Å². The van der Waals surface area contributed by atoms with Gasteiger partial charge in [0.15, 0.2) is 5.13 Å². The van der Waals surface area contributed by atoms with Crippen LogP contribution in [0.4, 0.5) is 5.13 Å². The molecule has 0 unspecified atom stereocenters. The number of aryl methyl sites for hydroxylation is 1. The fraction of sp³-hybridized carbons (Fsp3) is 0.211. The second kappa shape index (κ2) is 8.73. The quantitative estimate of drug-likeness (QED) is 0.649. The molecule has 2 amide bonds. The van der Waals surface area contributed by atoms with Crippen LogP contribution in [0.3, 0.4) is 0 Å². The molecule has 0 aliphatic heterocycles. The summed E-state index contributed by atoms with van der Waals surface area (Å²) in [5, 5.41) is 8.06. The minimum Gasteiger partial charge on any atom is -0.355 e. The highest BCUT2D eigenvalue weighted by molar-refractivity contribution is 7.17. The van der Waals surface area contributed by atoms with Crippen molar-refractivity contribution >= 4 is 39.6 Å². The molecule has 5 nitrogen and oxygen atoms in total. The summed E-state index contributed by atoms with van der Waals surface area (Å²) < 4.78 is 0. The Balaban J connectivity index is 1.42. The maximum Gasteiger partial charge on any atom is 0.227 e. The summed E-state index contributed by atoms with van der Waals surface area (Å²) in [6.07, 6.45) is 0.534. The number of thiazole rings is 1. The maximum atomic E-state index is 12.0. The van der Waals surface area contributed by atoms with Gasteiger partial charge in [0.25, 0.3) is 0 Å². The van der Waals surface area contributed by atoms with Crippen molar-refractivity contribution in [3.63, 3.8) is 0 Å². The summed E-state index contributed by atoms with van der Waals surface area (Å²) in [6, 6.07) is 13.6. The first-order valence-electron chi connectivity index (χ1n) is 8.23. The first kappa shape index (κ1) is 18.3. The molecule has 0 saturated heterocycles. The van der Waals surface area contributed by atoms with Crippen LogP contribution in [0.5, 0.6) is 0 Å². The Morgan fingerprint density at radius 2 is 1.88 bits per heavy atom. The van der Waals surface area contributed by atoms with Crippen molar-refractivity contribution in [1.82, 2.24) is 10.3 Å². The standard InChI is InChI=1S/C19H19N3O2S2/c1-13-7-8-16(26-13)15-12-25-19(21-15)22-17(23)9-10-20-18(24)11-14-5-3-2-4-6-14/h2-8,12H,9-11H2,1H3,(H,20,24)(H,21,22,23). The minimum atomic E-state index is -0.159. The Morgan fingerprint density at radius 1 is 1.08 bits per heavy atom. The van der Waals surface area contributed by atoms with Gasteiger partial charge >= 0.3 is 0 Å². The van der Waals surface area contributed by atoms with Crippen LogP contribution in [0, 0.1) is 6.92 Å². The van der Waals surface area contributed by atoms with E-state index in [1.165, 1.54) is 16.2 Å². The highest BCUT2D eigenvalue weighted by Gasteiger charge is 2.10. The van der Waals surface area contributed by atoms with Gasteiger partial charge in [0, 0.05) is 23.2 Å². The molecular formula is C19H19N3O2S2. The second-order valence-corrected chi connectivity index (χ2v) is 7.90. The molecule has 0 atom stereocenters. The van der Waals surface area contributed by atoms with E-state index in [0.29, 0.717) is 18.1 Å². The number of aromatic nitrogens is 1. The lowest BCUT2D eigenvalue weighted by Gasteiger charge is -2.05. The molecule has 1 aromatic carbocycles. The van der Waals surface area contributed by atoms with Crippen molar-refractivity contribution in [3.8, 4) is 10.6 Å². The SMILES string of the molecule is Cc1ccc(-c2csc(NC(=O)CCNC(=O)Cc3ccccc3)n2)s1. The lowest BCUT2D eigenvalue weighted by atomic mass is 10.1. The fourth-order valence-corrected chi connectivity index (χ4v) is 3.99. The van der Waals surface area contributed by atoms with Gasteiger partial charge in [-0.15, -0.1) is 22.7 Å². The third-order valence-electron chi connectivity index (χ3n) is 3.63. The van der Waals surface area contributed by atoms with Gasteiger partial charge in [-0.1, -0.05) is 30.3 Å². The highest BCUT2D eigenvalue weighted by atomic mass is 32.1. The number of nitrogens with one attached hydrogen (secondary N) is 2. The Labute approximate surface area is 160 Å². The summed E-state index contributed by atoms with van der Waals surface area (Å²) in [4.78, 5) is 30.6. The zero-order valence-corrected chi connectivity index (χ0v) is 16.0. The average Bonchev–Trinajstić information content (AvgIpc) is 3.24. The van der Waals surface area contributed by atoms with Gasteiger partial charge in [0.1, 0.15) is 0 Å². The van der Waals surface area contributed by atoms with E-state index < -0.39 is 0 Å². The van der Waals surface area contributed by atoms with Crippen LogP contribution in [0.1, 0.15) is 16.9 Å². The smallest absolute Gasteiger partial charge is 0.227 e. The van der Waals surface area contributed by atoms with E-state index in [1.807, 2.05) is 41.8 Å². The van der Waals surface area contributed by atoms with E-state index >= 15 is 0 Å². The largest absolute Gasteiger partial charge is 0.355 e. The molecule has 2 N–H and O–H groups in total. The van der Waals surface area contributed by atoms with Gasteiger partial charge in [0.2, 0.25) is 11.8 Å². The van der Waals surface area contributed by atoms with Crippen molar-refractivity contribution in [2.75, 3.05) is 11.9 Å². The predicted octanol–water partition coefficient (Wildman–Crippen LogP) is 3.87. The maximum absolute atomic E-state index is 12.0. The zero-order chi connectivity index (χ0) is 18.4. The molecule has 3 aromatic rings. The van der Waals surface area contributed by atoms with Crippen LogP contribution in [0.15, 0.2) is 47.8 Å². The van der Waals surface area contributed by atoms with Crippen molar-refractivity contribution in [1.29, 1.82) is 0 Å². The van der Waals surface area contributed by atoms with Crippen molar-refractivity contribution in [3.05, 3.63) is 58.3 Å². The fourth-order valence-electron chi connectivity index (χ4n) is 2.36. The number of anilines is 1. The Morgan fingerprint density at radius 3 is 2.62 bits per heavy atom. The monoisotopic (exact) mass is 385 g/mol. The number of carbonyl (C=O) groups excluding carboxylic acids is 2. The predicted molar refractivity (Wildman–Crippen MR) is 107 cm³/mol. The summed E-state index contributed by atoms with van der Waals surface area (Å²) >= 11 is 3.07. The number of hydrogen-bond acceptors (Lipinski definition) is 5. The third kappa shape index (κ3) is 5.24. The highest BCUT2D eigenvalue weighted by Crippen LogP contribution is 2.30. The topological polar surface area (TPSA) is 71.1 Å². The average molecular weight is 386 g/mol. The molecule has 7 heteroatoms.